The molecule has 0 radical (unpaired) electrons. The summed E-state index contributed by atoms with van der Waals surface area (Å²) in [7, 11) is 0. The van der Waals surface area contributed by atoms with Crippen molar-refractivity contribution in [2.24, 2.45) is 5.73 Å². The summed E-state index contributed by atoms with van der Waals surface area (Å²) >= 11 is 0. The van der Waals surface area contributed by atoms with Gasteiger partial charge in [-0.15, -0.1) is 0 Å². The van der Waals surface area contributed by atoms with Crippen molar-refractivity contribution in [3.63, 3.8) is 0 Å². The molecule has 3 fully saturated rings. The Balaban J connectivity index is 1.59. The fraction of sp³-hybridized carbons (Fsp3) is 0.667. The normalized spacial score (nSPS) is 40.1. The minimum absolute atomic E-state index is 0.134. The summed E-state index contributed by atoms with van der Waals surface area (Å²) in [5, 5.41) is 0. The Morgan fingerprint density at radius 3 is 2.71 bits per heavy atom. The maximum absolute atomic E-state index is 6.40. The first-order valence-corrected chi connectivity index (χ1v) is 8.11. The number of anilines is 1. The maximum Gasteiger partial charge on any atom is 0.167 e. The van der Waals surface area contributed by atoms with Crippen LogP contribution in [0.5, 0.6) is 0 Å². The van der Waals surface area contributed by atoms with Gasteiger partial charge in [-0.3, -0.25) is 4.57 Å². The molecule has 2 aromatic rings. The molecule has 128 valence electrons. The highest BCUT2D eigenvalue weighted by atomic mass is 16.8. The fourth-order valence-electron chi connectivity index (χ4n) is 4.21. The number of aromatic nitrogens is 4. The second-order valence-corrected chi connectivity index (χ2v) is 7.35. The van der Waals surface area contributed by atoms with E-state index in [1.807, 2.05) is 18.4 Å². The smallest absolute Gasteiger partial charge is 0.167 e. The number of nitrogens with zero attached hydrogens (tertiary/aromatic N) is 4. The Labute approximate surface area is 138 Å². The number of hydrogen-bond acceptors (Lipinski definition) is 8. The summed E-state index contributed by atoms with van der Waals surface area (Å²) < 4.78 is 20.5. The number of nitrogens with two attached hydrogens (primary N) is 2. The lowest BCUT2D eigenvalue weighted by Crippen LogP contribution is -2.58. The van der Waals surface area contributed by atoms with Gasteiger partial charge in [0.1, 0.15) is 29.7 Å². The van der Waals surface area contributed by atoms with Crippen molar-refractivity contribution in [2.45, 2.75) is 62.6 Å². The fourth-order valence-corrected chi connectivity index (χ4v) is 4.21. The molecule has 4 heterocycles. The third-order valence-corrected chi connectivity index (χ3v) is 5.16. The van der Waals surface area contributed by atoms with Crippen LogP contribution in [0.3, 0.4) is 0 Å². The molecule has 3 aliphatic rings. The largest absolute Gasteiger partial charge is 0.382 e. The minimum Gasteiger partial charge on any atom is -0.382 e. The maximum atomic E-state index is 6.40. The first-order valence-electron chi connectivity index (χ1n) is 8.11. The number of fused-ring (bicyclic) bond motifs is 3. The highest BCUT2D eigenvalue weighted by molar-refractivity contribution is 5.81. The molecular weight excluding hydrogens is 312 g/mol. The summed E-state index contributed by atoms with van der Waals surface area (Å²) in [5.74, 6) is -0.313. The van der Waals surface area contributed by atoms with Crippen LogP contribution < -0.4 is 11.5 Å². The van der Waals surface area contributed by atoms with E-state index < -0.39 is 11.4 Å². The average Bonchev–Trinajstić information content (AvgIpc) is 3.11. The molecule has 0 amide bonds. The zero-order valence-corrected chi connectivity index (χ0v) is 13.5. The SMILES string of the molecule is CC1(C)OC2C(O1)[C@]1(C[C@H](N)C1)O[C@H]2n1cnc2c(N)ncnc21. The van der Waals surface area contributed by atoms with Crippen molar-refractivity contribution >= 4 is 17.0 Å². The van der Waals surface area contributed by atoms with E-state index in [-0.39, 0.29) is 24.5 Å². The van der Waals surface area contributed by atoms with Gasteiger partial charge in [-0.1, -0.05) is 0 Å². The first kappa shape index (κ1) is 14.5. The van der Waals surface area contributed by atoms with Gasteiger partial charge in [0.05, 0.1) is 6.33 Å². The molecule has 1 aliphatic carbocycles. The summed E-state index contributed by atoms with van der Waals surface area (Å²) in [4.78, 5) is 12.6. The zero-order valence-electron chi connectivity index (χ0n) is 13.5. The summed E-state index contributed by atoms with van der Waals surface area (Å²) in [6.07, 6.45) is 3.82. The van der Waals surface area contributed by atoms with Gasteiger partial charge in [0.15, 0.2) is 23.5 Å². The van der Waals surface area contributed by atoms with Crippen molar-refractivity contribution in [1.82, 2.24) is 19.5 Å². The Kier molecular flexibility index (Phi) is 2.68. The van der Waals surface area contributed by atoms with Crippen LogP contribution in [0.2, 0.25) is 0 Å². The predicted molar refractivity (Wildman–Crippen MR) is 83.6 cm³/mol. The van der Waals surface area contributed by atoms with Crippen molar-refractivity contribution in [1.29, 1.82) is 0 Å². The van der Waals surface area contributed by atoms with Crippen LogP contribution in [0.1, 0.15) is 32.9 Å². The lowest BCUT2D eigenvalue weighted by Gasteiger charge is -2.45. The minimum atomic E-state index is -0.658. The molecule has 2 unspecified atom stereocenters. The molecule has 24 heavy (non-hydrogen) atoms. The van der Waals surface area contributed by atoms with Gasteiger partial charge in [-0.05, 0) is 26.7 Å². The summed E-state index contributed by atoms with van der Waals surface area (Å²) in [6, 6.07) is 0.134. The number of imidazole rings is 1. The molecule has 3 atom stereocenters. The molecule has 2 aromatic heterocycles. The van der Waals surface area contributed by atoms with Crippen LogP contribution in [0, 0.1) is 0 Å². The van der Waals surface area contributed by atoms with Crippen molar-refractivity contribution in [3.8, 4) is 0 Å². The molecule has 2 aliphatic heterocycles. The molecule has 1 saturated carbocycles. The van der Waals surface area contributed by atoms with E-state index in [1.54, 1.807) is 6.33 Å². The second kappa shape index (κ2) is 4.42. The van der Waals surface area contributed by atoms with Gasteiger partial charge in [0.25, 0.3) is 0 Å². The molecule has 2 saturated heterocycles. The van der Waals surface area contributed by atoms with Gasteiger partial charge in [0, 0.05) is 6.04 Å². The number of ether oxygens (including phenoxy) is 3. The van der Waals surface area contributed by atoms with Crippen LogP contribution >= 0.6 is 0 Å². The third kappa shape index (κ3) is 1.80. The first-order chi connectivity index (χ1) is 11.4. The molecule has 9 heteroatoms. The third-order valence-electron chi connectivity index (χ3n) is 5.16. The molecule has 4 N–H and O–H groups in total. The standard InChI is InChI=1S/C15H20N6O3/c1-14(2)22-9-10(23-14)15(3-7(16)4-15)24-13(9)21-6-20-8-11(17)18-5-19-12(8)21/h5-7,9-10,13H,3-4,16H2,1-2H3,(H2,17,18,19)/t7-,9?,10?,13-,15+/m1/s1. The molecular formula is C15H20N6O3. The molecule has 1 spiro atoms. The lowest BCUT2D eigenvalue weighted by molar-refractivity contribution is -0.238. The zero-order chi connectivity index (χ0) is 16.7. The molecule has 0 aromatic carbocycles. The Bertz CT molecular complexity index is 815. The van der Waals surface area contributed by atoms with Gasteiger partial charge in [-0.25, -0.2) is 15.0 Å². The van der Waals surface area contributed by atoms with E-state index in [0.717, 1.165) is 12.8 Å². The van der Waals surface area contributed by atoms with Crippen LogP contribution in [0.25, 0.3) is 11.2 Å². The van der Waals surface area contributed by atoms with Crippen LogP contribution in [0.4, 0.5) is 5.82 Å². The predicted octanol–water partition coefficient (Wildman–Crippen LogP) is 0.317. The molecule has 0 bridgehead atoms. The summed E-state index contributed by atoms with van der Waals surface area (Å²) in [5.41, 5.74) is 12.7. The van der Waals surface area contributed by atoms with Crippen LogP contribution in [-0.4, -0.2) is 49.2 Å². The van der Waals surface area contributed by atoms with E-state index in [1.165, 1.54) is 6.33 Å². The van der Waals surface area contributed by atoms with E-state index in [9.17, 15) is 0 Å². The average molecular weight is 332 g/mol. The van der Waals surface area contributed by atoms with Gasteiger partial charge in [0.2, 0.25) is 0 Å². The highest BCUT2D eigenvalue weighted by Gasteiger charge is 2.67. The topological polar surface area (TPSA) is 123 Å². The Hall–Kier alpha value is -1.81. The molecule has 5 rings (SSSR count). The van der Waals surface area contributed by atoms with E-state index in [0.29, 0.717) is 17.0 Å². The Morgan fingerprint density at radius 1 is 1.17 bits per heavy atom. The van der Waals surface area contributed by atoms with Crippen LogP contribution in [0.15, 0.2) is 12.7 Å². The van der Waals surface area contributed by atoms with Crippen molar-refractivity contribution < 1.29 is 14.2 Å². The second-order valence-electron chi connectivity index (χ2n) is 7.35. The highest BCUT2D eigenvalue weighted by Crippen LogP contribution is 2.55. The molecule has 9 nitrogen and oxygen atoms in total. The van der Waals surface area contributed by atoms with Crippen molar-refractivity contribution in [2.75, 3.05) is 5.73 Å². The van der Waals surface area contributed by atoms with Crippen LogP contribution in [-0.2, 0) is 14.2 Å². The Morgan fingerprint density at radius 2 is 1.96 bits per heavy atom. The van der Waals surface area contributed by atoms with Crippen molar-refractivity contribution in [3.05, 3.63) is 12.7 Å². The summed E-state index contributed by atoms with van der Waals surface area (Å²) in [6.45, 7) is 3.84. The quantitative estimate of drug-likeness (QED) is 0.765. The van der Waals surface area contributed by atoms with E-state index >= 15 is 0 Å². The number of rotatable bonds is 1. The van der Waals surface area contributed by atoms with Gasteiger partial charge < -0.3 is 25.7 Å². The number of nitrogen functional groups attached to an aromatic ring is 1. The number of hydrogen-bond donors (Lipinski definition) is 2. The lowest BCUT2D eigenvalue weighted by atomic mass is 9.72. The van der Waals surface area contributed by atoms with E-state index in [2.05, 4.69) is 15.0 Å². The monoisotopic (exact) mass is 332 g/mol. The van der Waals surface area contributed by atoms with Gasteiger partial charge >= 0.3 is 0 Å². The van der Waals surface area contributed by atoms with Gasteiger partial charge in [-0.2, -0.15) is 0 Å². The van der Waals surface area contributed by atoms with E-state index in [4.69, 9.17) is 25.7 Å².